The van der Waals surface area contributed by atoms with E-state index in [2.05, 4.69) is 45.2 Å². The van der Waals surface area contributed by atoms with Crippen molar-refractivity contribution < 1.29 is 14.9 Å². The smallest absolute Gasteiger partial charge is 0.166 e. The molecule has 3 N–H and O–H groups in total. The number of aromatic nitrogens is 2. The number of piperidine rings is 1. The summed E-state index contributed by atoms with van der Waals surface area (Å²) < 4.78 is 6.71. The average Bonchev–Trinajstić information content (AvgIpc) is 3.59. The Hall–Kier alpha value is -3.61. The Bertz CT molecular complexity index is 1690. The molecule has 2 aromatic heterocycles. The molecule has 39 heavy (non-hydrogen) atoms. The summed E-state index contributed by atoms with van der Waals surface area (Å²) in [5.41, 5.74) is 6.02. The largest absolute Gasteiger partial charge is 0.504 e. The van der Waals surface area contributed by atoms with Gasteiger partial charge in [-0.1, -0.05) is 24.3 Å². The second-order valence-corrected chi connectivity index (χ2v) is 12.3. The van der Waals surface area contributed by atoms with Gasteiger partial charge in [0.2, 0.25) is 0 Å². The highest BCUT2D eigenvalue weighted by molar-refractivity contribution is 5.89. The Morgan fingerprint density at radius 1 is 1.13 bits per heavy atom. The lowest BCUT2D eigenvalue weighted by Gasteiger charge is -2.62. The van der Waals surface area contributed by atoms with Crippen LogP contribution >= 0.6 is 0 Å². The maximum atomic E-state index is 13.0. The Labute approximate surface area is 227 Å². The minimum atomic E-state index is -0.973. The number of fused-ring (bicyclic) bond motifs is 4. The zero-order valence-electron chi connectivity index (χ0n) is 21.7. The monoisotopic (exact) mass is 517 g/mol. The van der Waals surface area contributed by atoms with Gasteiger partial charge < -0.3 is 19.9 Å². The molecule has 2 aromatic carbocycles. The molecule has 1 unspecified atom stereocenters. The molecule has 9 rings (SSSR count). The zero-order chi connectivity index (χ0) is 25.9. The first-order valence-electron chi connectivity index (χ1n) is 14.3. The lowest BCUT2D eigenvalue weighted by molar-refractivity contribution is -0.173. The first-order chi connectivity index (χ1) is 19.0. The van der Waals surface area contributed by atoms with Crippen molar-refractivity contribution in [2.75, 3.05) is 13.1 Å². The second-order valence-electron chi connectivity index (χ2n) is 12.3. The molecule has 0 radical (unpaired) electrons. The summed E-state index contributed by atoms with van der Waals surface area (Å²) >= 11 is 0. The molecule has 2 fully saturated rings. The number of H-pyrrole nitrogens is 1. The van der Waals surface area contributed by atoms with Crippen LogP contribution in [0.2, 0.25) is 0 Å². The van der Waals surface area contributed by atoms with Gasteiger partial charge in [0.05, 0.1) is 22.4 Å². The Balaban J connectivity index is 1.22. The molecule has 2 aliphatic heterocycles. The predicted molar refractivity (Wildman–Crippen MR) is 150 cm³/mol. The lowest BCUT2D eigenvalue weighted by Crippen LogP contribution is -2.74. The lowest BCUT2D eigenvalue weighted by atomic mass is 9.49. The van der Waals surface area contributed by atoms with Crippen LogP contribution in [-0.4, -0.2) is 49.8 Å². The van der Waals surface area contributed by atoms with Crippen molar-refractivity contribution >= 4 is 23.1 Å². The summed E-state index contributed by atoms with van der Waals surface area (Å²) in [6.07, 6.45) is 10.4. The van der Waals surface area contributed by atoms with E-state index in [0.29, 0.717) is 12.2 Å². The van der Waals surface area contributed by atoms with Crippen molar-refractivity contribution in [2.24, 2.45) is 5.92 Å². The van der Waals surface area contributed by atoms with E-state index in [1.165, 1.54) is 18.4 Å². The highest BCUT2D eigenvalue weighted by Gasteiger charge is 2.72. The number of aromatic amines is 1. The summed E-state index contributed by atoms with van der Waals surface area (Å²) in [5.74, 6) is 1.52. The van der Waals surface area contributed by atoms with E-state index < -0.39 is 11.0 Å². The molecule has 1 saturated heterocycles. The number of nitrogens with zero attached hydrogens (tertiary/aromatic N) is 2. The number of phenols is 1. The highest BCUT2D eigenvalue weighted by atomic mass is 16.5. The van der Waals surface area contributed by atoms with Gasteiger partial charge in [-0.25, -0.2) is 0 Å². The molecular weight excluding hydrogens is 486 g/mol. The van der Waals surface area contributed by atoms with E-state index in [4.69, 9.17) is 4.74 Å². The number of benzene rings is 2. The van der Waals surface area contributed by atoms with E-state index in [-0.39, 0.29) is 17.9 Å². The van der Waals surface area contributed by atoms with E-state index >= 15 is 0 Å². The SMILES string of the molecule is Oc1ccc2c3c1OC1c4[nH]c5ccc(/C=C/c6ccccn6)cc5c4C[C@@]4(O)[C@@H](C2)N(CC2CC2)CC[C@]314. The van der Waals surface area contributed by atoms with Crippen molar-refractivity contribution in [3.63, 3.8) is 0 Å². The minimum Gasteiger partial charge on any atom is -0.504 e. The number of rotatable bonds is 4. The second kappa shape index (κ2) is 7.52. The summed E-state index contributed by atoms with van der Waals surface area (Å²) in [7, 11) is 0. The van der Waals surface area contributed by atoms with Crippen molar-refractivity contribution in [3.05, 3.63) is 88.4 Å². The first kappa shape index (κ1) is 22.2. The first-order valence-corrected chi connectivity index (χ1v) is 14.3. The maximum Gasteiger partial charge on any atom is 0.166 e. The molecule has 5 aliphatic rings. The van der Waals surface area contributed by atoms with Crippen LogP contribution in [0.4, 0.5) is 0 Å². The number of pyridine rings is 1. The third kappa shape index (κ3) is 2.86. The Kier molecular flexibility index (Phi) is 4.29. The van der Waals surface area contributed by atoms with Crippen molar-refractivity contribution in [1.29, 1.82) is 0 Å². The van der Waals surface area contributed by atoms with E-state index in [1.807, 2.05) is 24.3 Å². The molecule has 4 aromatic rings. The molecule has 6 nitrogen and oxygen atoms in total. The van der Waals surface area contributed by atoms with Crippen LogP contribution in [0, 0.1) is 5.92 Å². The van der Waals surface area contributed by atoms with Crippen LogP contribution in [0.15, 0.2) is 54.7 Å². The molecule has 1 saturated carbocycles. The van der Waals surface area contributed by atoms with Gasteiger partial charge in [0.25, 0.3) is 0 Å². The third-order valence-electron chi connectivity index (χ3n) is 10.3. The van der Waals surface area contributed by atoms with Gasteiger partial charge in [0, 0.05) is 41.7 Å². The Morgan fingerprint density at radius 2 is 2.05 bits per heavy atom. The zero-order valence-corrected chi connectivity index (χ0v) is 21.7. The predicted octanol–water partition coefficient (Wildman–Crippen LogP) is 5.14. The van der Waals surface area contributed by atoms with Crippen LogP contribution < -0.4 is 4.74 Å². The van der Waals surface area contributed by atoms with Gasteiger partial charge in [-0.2, -0.15) is 0 Å². The van der Waals surface area contributed by atoms with Gasteiger partial charge in [-0.15, -0.1) is 0 Å². The number of ether oxygens (including phenoxy) is 1. The number of nitrogens with one attached hydrogen (secondary N) is 1. The fourth-order valence-electron chi connectivity index (χ4n) is 8.40. The topological polar surface area (TPSA) is 81.6 Å². The minimum absolute atomic E-state index is 0.0336. The summed E-state index contributed by atoms with van der Waals surface area (Å²) in [6.45, 7) is 2.02. The fraction of sp³-hybridized carbons (Fsp3) is 0.364. The molecule has 3 aliphatic carbocycles. The molecule has 0 amide bonds. The van der Waals surface area contributed by atoms with E-state index in [1.54, 1.807) is 12.3 Å². The number of phenolic OH excluding ortho intramolecular Hbond substituents is 1. The molecule has 4 atom stereocenters. The number of likely N-dealkylation sites (tertiary alicyclic amines) is 1. The van der Waals surface area contributed by atoms with Crippen LogP contribution in [0.1, 0.15) is 59.0 Å². The van der Waals surface area contributed by atoms with Crippen LogP contribution in [0.3, 0.4) is 0 Å². The maximum absolute atomic E-state index is 13.0. The molecule has 196 valence electrons. The van der Waals surface area contributed by atoms with Crippen molar-refractivity contribution in [3.8, 4) is 11.5 Å². The van der Waals surface area contributed by atoms with Gasteiger partial charge in [-0.3, -0.25) is 9.88 Å². The number of hydrogen-bond acceptors (Lipinski definition) is 5. The quantitative estimate of drug-likeness (QED) is 0.349. The standard InChI is InChI=1S/C33H31N3O3/c37-26-11-8-21-16-27-33(38)17-24-23-15-19(6-9-22-3-1-2-13-34-22)7-10-25(23)35-29(24)31-32(33,28(21)30(26)39-31)12-14-36(27)18-20-4-5-20/h1-3,6-11,13,15,20,27,31,35,37-38H,4-5,12,14,16-18H2/b9-6+/t27-,31?,32+,33-/m1/s1. The number of aliphatic hydroxyl groups is 1. The van der Waals surface area contributed by atoms with Crippen LogP contribution in [0.25, 0.3) is 23.1 Å². The Morgan fingerprint density at radius 3 is 2.90 bits per heavy atom. The summed E-state index contributed by atoms with van der Waals surface area (Å²) in [4.78, 5) is 10.7. The van der Waals surface area contributed by atoms with E-state index in [9.17, 15) is 10.2 Å². The third-order valence-corrected chi connectivity index (χ3v) is 10.3. The average molecular weight is 518 g/mol. The summed E-state index contributed by atoms with van der Waals surface area (Å²) in [6, 6.07) is 16.3. The summed E-state index contributed by atoms with van der Waals surface area (Å²) in [5, 5.41) is 25.1. The fourth-order valence-corrected chi connectivity index (χ4v) is 8.40. The van der Waals surface area contributed by atoms with Crippen LogP contribution in [0.5, 0.6) is 11.5 Å². The molecule has 6 heteroatoms. The van der Waals surface area contributed by atoms with Gasteiger partial charge in [0.1, 0.15) is 0 Å². The van der Waals surface area contributed by atoms with Crippen molar-refractivity contribution in [1.82, 2.24) is 14.9 Å². The van der Waals surface area contributed by atoms with Crippen LogP contribution in [-0.2, 0) is 18.3 Å². The number of aromatic hydroxyl groups is 1. The van der Waals surface area contributed by atoms with Gasteiger partial charge in [-0.05, 0) is 91.2 Å². The van der Waals surface area contributed by atoms with E-state index in [0.717, 1.165) is 70.8 Å². The van der Waals surface area contributed by atoms with Crippen molar-refractivity contribution in [2.45, 2.75) is 55.3 Å². The molecular formula is C33H31N3O3. The van der Waals surface area contributed by atoms with Gasteiger partial charge in [0.15, 0.2) is 17.6 Å². The number of hydrogen-bond donors (Lipinski definition) is 3. The van der Waals surface area contributed by atoms with Gasteiger partial charge >= 0.3 is 0 Å². The molecule has 2 bridgehead atoms. The molecule has 4 heterocycles. The normalized spacial score (nSPS) is 30.4. The highest BCUT2D eigenvalue weighted by Crippen LogP contribution is 2.69. The molecule has 1 spiro atoms.